The number of halogens is 3. The third-order valence-electron chi connectivity index (χ3n) is 3.15. The first-order chi connectivity index (χ1) is 10.7. The van der Waals surface area contributed by atoms with Gasteiger partial charge in [0.2, 0.25) is 0 Å². The number of nitrogens with zero attached hydrogens (tertiary/aromatic N) is 2. The van der Waals surface area contributed by atoms with E-state index in [2.05, 4.69) is 20.1 Å². The quantitative estimate of drug-likeness (QED) is 0.693. The summed E-state index contributed by atoms with van der Waals surface area (Å²) in [5.41, 5.74) is 2.44. The van der Waals surface area contributed by atoms with Crippen molar-refractivity contribution in [1.29, 1.82) is 0 Å². The topological polar surface area (TPSA) is 49.8 Å². The Kier molecular flexibility index (Phi) is 4.38. The fourth-order valence-electron chi connectivity index (χ4n) is 2.10. The highest BCUT2D eigenvalue weighted by molar-refractivity contribution is 6.31. The molecule has 1 heterocycles. The van der Waals surface area contributed by atoms with Crippen molar-refractivity contribution in [3.8, 4) is 0 Å². The number of benzene rings is 2. The maximum atomic E-state index is 13.2. The first-order valence-corrected chi connectivity index (χ1v) is 7.22. The first kappa shape index (κ1) is 15.0. The number of hydrogen-bond donors (Lipinski definition) is 2. The summed E-state index contributed by atoms with van der Waals surface area (Å²) >= 11 is 11.3. The molecule has 0 aliphatic rings. The summed E-state index contributed by atoms with van der Waals surface area (Å²) in [6.07, 6.45) is 1.47. The average Bonchev–Trinajstić information content (AvgIpc) is 2.52. The molecule has 0 aliphatic heterocycles. The van der Waals surface area contributed by atoms with E-state index in [-0.39, 0.29) is 5.02 Å². The molecule has 3 rings (SSSR count). The Morgan fingerprint density at radius 2 is 1.95 bits per heavy atom. The molecule has 0 fully saturated rings. The number of anilines is 2. The van der Waals surface area contributed by atoms with Crippen LogP contribution in [0.1, 0.15) is 5.56 Å². The van der Waals surface area contributed by atoms with E-state index in [0.29, 0.717) is 18.1 Å². The van der Waals surface area contributed by atoms with Crippen LogP contribution in [0.4, 0.5) is 15.9 Å². The molecule has 0 atom stereocenters. The lowest BCUT2D eigenvalue weighted by atomic mass is 10.1. The van der Waals surface area contributed by atoms with E-state index >= 15 is 0 Å². The van der Waals surface area contributed by atoms with Gasteiger partial charge < -0.3 is 5.32 Å². The monoisotopic (exact) mass is 336 g/mol. The molecule has 7 heteroatoms. The second-order valence-electron chi connectivity index (χ2n) is 4.64. The second-order valence-corrected chi connectivity index (χ2v) is 5.31. The third kappa shape index (κ3) is 3.11. The number of hydrogen-bond acceptors (Lipinski definition) is 4. The largest absolute Gasteiger partial charge is 0.340 e. The van der Waals surface area contributed by atoms with Crippen molar-refractivity contribution in [2.24, 2.45) is 0 Å². The zero-order valence-electron chi connectivity index (χ0n) is 11.3. The van der Waals surface area contributed by atoms with Crippen LogP contribution >= 0.6 is 23.4 Å². The normalized spacial score (nSPS) is 10.9. The van der Waals surface area contributed by atoms with Crippen LogP contribution in [-0.4, -0.2) is 9.97 Å². The lowest BCUT2D eigenvalue weighted by Crippen LogP contribution is -2.00. The van der Waals surface area contributed by atoms with Crippen LogP contribution in [0.25, 0.3) is 10.9 Å². The second kappa shape index (κ2) is 6.44. The molecule has 0 aliphatic carbocycles. The highest BCUT2D eigenvalue weighted by atomic mass is 35.5. The number of aromatic nitrogens is 2. The van der Waals surface area contributed by atoms with E-state index in [4.69, 9.17) is 23.4 Å². The highest BCUT2D eigenvalue weighted by Crippen LogP contribution is 2.26. The lowest BCUT2D eigenvalue weighted by Gasteiger charge is -2.10. The fraction of sp³-hybridized carbons (Fsp3) is 0.0667. The van der Waals surface area contributed by atoms with Gasteiger partial charge in [0.25, 0.3) is 0 Å². The summed E-state index contributed by atoms with van der Waals surface area (Å²) in [6, 6.07) is 10.2. The molecule has 2 N–H and O–H groups in total. The summed E-state index contributed by atoms with van der Waals surface area (Å²) < 4.78 is 13.2. The Hall–Kier alpha value is -1.95. The third-order valence-corrected chi connectivity index (χ3v) is 3.58. The van der Waals surface area contributed by atoms with Crippen LogP contribution in [0, 0.1) is 5.82 Å². The standard InChI is InChI=1S/C15H11Cl2FN4/c16-12-6-10(2-3-13(12)18)22-15-11-5-9(7-21-17)1-4-14(11)19-8-20-15/h1-6,8,21H,7H2,(H,19,20,22). The van der Waals surface area contributed by atoms with Crippen molar-refractivity contribution >= 4 is 45.8 Å². The van der Waals surface area contributed by atoms with Gasteiger partial charge in [0.1, 0.15) is 18.0 Å². The van der Waals surface area contributed by atoms with Crippen LogP contribution in [0.2, 0.25) is 5.02 Å². The van der Waals surface area contributed by atoms with Gasteiger partial charge in [-0.15, -0.1) is 0 Å². The zero-order chi connectivity index (χ0) is 15.5. The first-order valence-electron chi connectivity index (χ1n) is 6.46. The Morgan fingerprint density at radius 1 is 1.09 bits per heavy atom. The van der Waals surface area contributed by atoms with E-state index in [9.17, 15) is 4.39 Å². The molecular formula is C15H11Cl2FN4. The molecule has 112 valence electrons. The summed E-state index contributed by atoms with van der Waals surface area (Å²) in [4.78, 5) is 11.1. The van der Waals surface area contributed by atoms with Gasteiger partial charge in [-0.2, -0.15) is 0 Å². The summed E-state index contributed by atoms with van der Waals surface area (Å²) in [5.74, 6) is 0.152. The van der Waals surface area contributed by atoms with Crippen molar-refractivity contribution in [3.05, 3.63) is 59.1 Å². The fourth-order valence-corrected chi connectivity index (χ4v) is 2.44. The van der Waals surface area contributed by atoms with Gasteiger partial charge in [0, 0.05) is 17.6 Å². The Balaban J connectivity index is 2.01. The molecule has 3 aromatic rings. The molecule has 0 saturated heterocycles. The van der Waals surface area contributed by atoms with Crippen LogP contribution in [0.3, 0.4) is 0 Å². The van der Waals surface area contributed by atoms with Crippen LogP contribution in [-0.2, 0) is 6.54 Å². The van der Waals surface area contributed by atoms with Crippen LogP contribution in [0.5, 0.6) is 0 Å². The van der Waals surface area contributed by atoms with E-state index in [0.717, 1.165) is 16.5 Å². The zero-order valence-corrected chi connectivity index (χ0v) is 12.8. The van der Waals surface area contributed by atoms with Crippen molar-refractivity contribution in [3.63, 3.8) is 0 Å². The Morgan fingerprint density at radius 3 is 2.73 bits per heavy atom. The SMILES string of the molecule is Fc1ccc(Nc2ncnc3ccc(CNCl)cc23)cc1Cl. The van der Waals surface area contributed by atoms with E-state index in [1.54, 1.807) is 6.07 Å². The molecule has 4 nitrogen and oxygen atoms in total. The molecule has 1 aromatic heterocycles. The molecular weight excluding hydrogens is 326 g/mol. The van der Waals surface area contributed by atoms with Crippen LogP contribution in [0.15, 0.2) is 42.7 Å². The van der Waals surface area contributed by atoms with Gasteiger partial charge in [-0.05, 0) is 47.7 Å². The van der Waals surface area contributed by atoms with Gasteiger partial charge in [-0.25, -0.2) is 19.2 Å². The van der Waals surface area contributed by atoms with E-state index < -0.39 is 5.82 Å². The van der Waals surface area contributed by atoms with Crippen molar-refractivity contribution in [1.82, 2.24) is 14.8 Å². The van der Waals surface area contributed by atoms with Gasteiger partial charge >= 0.3 is 0 Å². The maximum absolute atomic E-state index is 13.2. The molecule has 22 heavy (non-hydrogen) atoms. The molecule has 0 saturated carbocycles. The lowest BCUT2D eigenvalue weighted by molar-refractivity contribution is 0.628. The smallest absolute Gasteiger partial charge is 0.141 e. The van der Waals surface area contributed by atoms with Gasteiger partial charge in [-0.1, -0.05) is 17.7 Å². The Labute approximate surface area is 136 Å². The predicted octanol–water partition coefficient (Wildman–Crippen LogP) is 4.41. The minimum absolute atomic E-state index is 0.0513. The van der Waals surface area contributed by atoms with Crippen molar-refractivity contribution in [2.75, 3.05) is 5.32 Å². The molecule has 0 spiro atoms. The van der Waals surface area contributed by atoms with Gasteiger partial charge in [0.15, 0.2) is 0 Å². The highest BCUT2D eigenvalue weighted by Gasteiger charge is 2.07. The summed E-state index contributed by atoms with van der Waals surface area (Å²) in [5, 5.41) is 4.02. The molecule has 0 radical (unpaired) electrons. The molecule has 0 unspecified atom stereocenters. The van der Waals surface area contributed by atoms with Crippen molar-refractivity contribution in [2.45, 2.75) is 6.54 Å². The maximum Gasteiger partial charge on any atom is 0.141 e. The van der Waals surface area contributed by atoms with Crippen LogP contribution < -0.4 is 10.2 Å². The predicted molar refractivity (Wildman–Crippen MR) is 86.9 cm³/mol. The van der Waals surface area contributed by atoms with Crippen molar-refractivity contribution < 1.29 is 4.39 Å². The van der Waals surface area contributed by atoms with Gasteiger partial charge in [0.05, 0.1) is 10.5 Å². The number of nitrogens with one attached hydrogen (secondary N) is 2. The number of fused-ring (bicyclic) bond motifs is 1. The summed E-state index contributed by atoms with van der Waals surface area (Å²) in [6.45, 7) is 0.522. The van der Waals surface area contributed by atoms with Gasteiger partial charge in [-0.3, -0.25) is 0 Å². The Bertz CT molecular complexity index is 826. The van der Waals surface area contributed by atoms with E-state index in [1.165, 1.54) is 18.5 Å². The summed E-state index contributed by atoms with van der Waals surface area (Å²) in [7, 11) is 0. The minimum Gasteiger partial charge on any atom is -0.340 e. The number of rotatable bonds is 4. The molecule has 2 aromatic carbocycles. The minimum atomic E-state index is -0.463. The molecule has 0 amide bonds. The molecule has 0 bridgehead atoms. The van der Waals surface area contributed by atoms with E-state index in [1.807, 2.05) is 18.2 Å². The average molecular weight is 337 g/mol.